The Hall–Kier alpha value is -2.31. The molecule has 208 valence electrons. The molecule has 1 saturated heterocycles. The lowest BCUT2D eigenvalue weighted by molar-refractivity contribution is -0.113. The minimum atomic E-state index is -4.23. The first-order valence-electron chi connectivity index (χ1n) is 11.5. The number of benzene rings is 4. The predicted molar refractivity (Wildman–Crippen MR) is 174 cm³/mol. The van der Waals surface area contributed by atoms with Crippen LogP contribution in [0.4, 0.5) is 11.4 Å². The molecular formula is C28H15Br2Cl3N2O4S2. The van der Waals surface area contributed by atoms with E-state index in [1.807, 2.05) is 0 Å². The SMILES string of the molecule is O=C1/C(=C/c2cc(Br)cc(Br)c2OS(=O)(=O)c2ccc(Cl)cc2)SC(=Nc2ccc(Cl)cc2)N1c1ccc(Cl)cc1. The summed E-state index contributed by atoms with van der Waals surface area (Å²) in [4.78, 5) is 20.1. The van der Waals surface area contributed by atoms with E-state index in [4.69, 9.17) is 39.0 Å². The maximum atomic E-state index is 13.8. The van der Waals surface area contributed by atoms with Crippen molar-refractivity contribution in [2.24, 2.45) is 4.99 Å². The average molecular weight is 774 g/mol. The molecule has 0 aliphatic carbocycles. The molecule has 1 fully saturated rings. The van der Waals surface area contributed by atoms with Crippen molar-refractivity contribution in [1.82, 2.24) is 0 Å². The minimum Gasteiger partial charge on any atom is -0.377 e. The van der Waals surface area contributed by atoms with Crippen molar-refractivity contribution in [3.8, 4) is 5.75 Å². The molecular weight excluding hydrogens is 759 g/mol. The number of amidine groups is 1. The van der Waals surface area contributed by atoms with Crippen molar-refractivity contribution < 1.29 is 17.4 Å². The van der Waals surface area contributed by atoms with Gasteiger partial charge in [0.25, 0.3) is 5.91 Å². The number of hydrogen-bond acceptors (Lipinski definition) is 6. The molecule has 4 aromatic rings. The molecule has 5 rings (SSSR count). The van der Waals surface area contributed by atoms with Gasteiger partial charge >= 0.3 is 10.1 Å². The maximum Gasteiger partial charge on any atom is 0.339 e. The highest BCUT2D eigenvalue weighted by Gasteiger charge is 2.35. The van der Waals surface area contributed by atoms with Crippen LogP contribution in [0.5, 0.6) is 5.75 Å². The summed E-state index contributed by atoms with van der Waals surface area (Å²) < 4.78 is 32.8. The molecule has 13 heteroatoms. The molecule has 0 radical (unpaired) electrons. The zero-order valence-electron chi connectivity index (χ0n) is 20.4. The van der Waals surface area contributed by atoms with Crippen LogP contribution in [0.3, 0.4) is 0 Å². The van der Waals surface area contributed by atoms with E-state index >= 15 is 0 Å². The fraction of sp³-hybridized carbons (Fsp3) is 0. The van der Waals surface area contributed by atoms with Gasteiger partial charge in [-0.25, -0.2) is 4.99 Å². The molecule has 0 spiro atoms. The van der Waals surface area contributed by atoms with E-state index in [2.05, 4.69) is 36.9 Å². The van der Waals surface area contributed by atoms with E-state index in [9.17, 15) is 13.2 Å². The molecule has 0 bridgehead atoms. The number of amides is 1. The lowest BCUT2D eigenvalue weighted by Crippen LogP contribution is -2.28. The van der Waals surface area contributed by atoms with Crippen LogP contribution in [0.25, 0.3) is 6.08 Å². The Morgan fingerprint density at radius 3 is 2.00 bits per heavy atom. The Morgan fingerprint density at radius 1 is 0.829 bits per heavy atom. The third-order valence-electron chi connectivity index (χ3n) is 5.56. The van der Waals surface area contributed by atoms with Crippen LogP contribution < -0.4 is 9.08 Å². The van der Waals surface area contributed by atoms with Gasteiger partial charge in [-0.1, -0.05) is 50.7 Å². The van der Waals surface area contributed by atoms with E-state index in [1.165, 1.54) is 29.2 Å². The van der Waals surface area contributed by atoms with Crippen molar-refractivity contribution in [2.45, 2.75) is 4.90 Å². The number of hydrogen-bond donors (Lipinski definition) is 0. The molecule has 0 unspecified atom stereocenters. The van der Waals surface area contributed by atoms with Gasteiger partial charge < -0.3 is 4.18 Å². The van der Waals surface area contributed by atoms with E-state index in [-0.39, 0.29) is 21.5 Å². The molecule has 1 heterocycles. The normalized spacial score (nSPS) is 15.6. The molecule has 6 nitrogen and oxygen atoms in total. The molecule has 1 amide bonds. The molecule has 1 aliphatic heterocycles. The van der Waals surface area contributed by atoms with Crippen LogP contribution in [-0.4, -0.2) is 19.5 Å². The number of carbonyl (C=O) groups excluding carboxylic acids is 1. The summed E-state index contributed by atoms with van der Waals surface area (Å²) in [5, 5.41) is 1.84. The number of carbonyl (C=O) groups is 1. The van der Waals surface area contributed by atoms with Crippen molar-refractivity contribution in [3.63, 3.8) is 0 Å². The lowest BCUT2D eigenvalue weighted by Gasteiger charge is -2.16. The topological polar surface area (TPSA) is 76.0 Å². The monoisotopic (exact) mass is 770 g/mol. The summed E-state index contributed by atoms with van der Waals surface area (Å²) in [6.45, 7) is 0. The van der Waals surface area contributed by atoms with Crippen LogP contribution in [0, 0.1) is 0 Å². The van der Waals surface area contributed by atoms with Gasteiger partial charge in [0.2, 0.25) is 0 Å². The van der Waals surface area contributed by atoms with Gasteiger partial charge in [0, 0.05) is 25.1 Å². The van der Waals surface area contributed by atoms with Gasteiger partial charge in [0.05, 0.1) is 20.8 Å². The average Bonchev–Trinajstić information content (AvgIpc) is 3.22. The lowest BCUT2D eigenvalue weighted by atomic mass is 10.2. The summed E-state index contributed by atoms with van der Waals surface area (Å²) >= 11 is 26.0. The third-order valence-corrected chi connectivity index (χ3v) is 9.57. The van der Waals surface area contributed by atoms with E-state index in [0.717, 1.165) is 11.8 Å². The summed E-state index contributed by atoms with van der Waals surface area (Å²) in [6.07, 6.45) is 1.56. The number of thioether (sulfide) groups is 1. The van der Waals surface area contributed by atoms with Gasteiger partial charge in [0.15, 0.2) is 10.9 Å². The summed E-state index contributed by atoms with van der Waals surface area (Å²) in [7, 11) is -4.23. The second-order valence-corrected chi connectivity index (χ2v) is 14.0. The van der Waals surface area contributed by atoms with E-state index < -0.39 is 10.1 Å². The van der Waals surface area contributed by atoms with E-state index in [0.29, 0.717) is 46.1 Å². The standard InChI is InChI=1S/C28H15Br2Cl3N2O4S2/c29-17-13-16(26(24(30)15-17)39-41(37,38)23-11-5-20(33)6-12-23)14-25-27(36)35(22-9-3-19(32)4-10-22)28(40-25)34-21-7-1-18(31)2-8-21/h1-15H/b25-14-,34-28?. The van der Waals surface area contributed by atoms with Crippen LogP contribution in [0.15, 0.2) is 109 Å². The number of rotatable bonds is 6. The summed E-state index contributed by atoms with van der Waals surface area (Å²) in [5.74, 6) is -0.363. The number of halogens is 5. The fourth-order valence-electron chi connectivity index (χ4n) is 3.67. The molecule has 1 aliphatic rings. The first-order chi connectivity index (χ1) is 19.5. The molecule has 0 saturated carbocycles. The number of nitrogens with zero attached hydrogens (tertiary/aromatic N) is 2. The first-order valence-corrected chi connectivity index (χ1v) is 16.5. The van der Waals surface area contributed by atoms with Crippen molar-refractivity contribution in [1.29, 1.82) is 0 Å². The minimum absolute atomic E-state index is 0.00480. The van der Waals surface area contributed by atoms with Gasteiger partial charge in [0.1, 0.15) is 4.90 Å². The third kappa shape index (κ3) is 7.02. The molecule has 41 heavy (non-hydrogen) atoms. The Kier molecular flexibility index (Phi) is 9.20. The molecule has 4 aromatic carbocycles. The van der Waals surface area contributed by atoms with Crippen LogP contribution in [0.1, 0.15) is 5.56 Å². The van der Waals surface area contributed by atoms with Crippen molar-refractivity contribution >= 4 is 117 Å². The summed E-state index contributed by atoms with van der Waals surface area (Å²) in [5.41, 5.74) is 1.48. The second kappa shape index (κ2) is 12.5. The second-order valence-electron chi connectivity index (χ2n) is 8.40. The molecule has 0 atom stereocenters. The summed E-state index contributed by atoms with van der Waals surface area (Å²) in [6, 6.07) is 22.6. The quantitative estimate of drug-likeness (QED) is 0.144. The highest BCUT2D eigenvalue weighted by molar-refractivity contribution is 9.11. The van der Waals surface area contributed by atoms with E-state index in [1.54, 1.807) is 66.7 Å². The van der Waals surface area contributed by atoms with Gasteiger partial charge in [-0.15, -0.1) is 0 Å². The Bertz CT molecular complexity index is 1820. The Balaban J connectivity index is 1.58. The number of anilines is 1. The van der Waals surface area contributed by atoms with Gasteiger partial charge in [-0.3, -0.25) is 9.69 Å². The molecule has 0 aromatic heterocycles. The van der Waals surface area contributed by atoms with Crippen molar-refractivity contribution in [3.05, 3.63) is 119 Å². The zero-order chi connectivity index (χ0) is 29.3. The largest absolute Gasteiger partial charge is 0.377 e. The molecule has 0 N–H and O–H groups in total. The first kappa shape index (κ1) is 30.2. The predicted octanol–water partition coefficient (Wildman–Crippen LogP) is 9.75. The highest BCUT2D eigenvalue weighted by Crippen LogP contribution is 2.41. The van der Waals surface area contributed by atoms with Gasteiger partial charge in [-0.05, 0) is 119 Å². The zero-order valence-corrected chi connectivity index (χ0v) is 27.5. The van der Waals surface area contributed by atoms with Crippen LogP contribution in [0.2, 0.25) is 15.1 Å². The maximum absolute atomic E-state index is 13.8. The Morgan fingerprint density at radius 2 is 1.39 bits per heavy atom. The van der Waals surface area contributed by atoms with Crippen molar-refractivity contribution in [2.75, 3.05) is 4.90 Å². The fourth-order valence-corrected chi connectivity index (χ4v) is 7.46. The smallest absolute Gasteiger partial charge is 0.339 e. The highest BCUT2D eigenvalue weighted by atomic mass is 79.9. The van der Waals surface area contributed by atoms with Gasteiger partial charge in [-0.2, -0.15) is 8.42 Å². The van der Waals surface area contributed by atoms with Crippen LogP contribution >= 0.6 is 78.4 Å². The Labute approximate surface area is 272 Å². The van der Waals surface area contributed by atoms with Crippen LogP contribution in [-0.2, 0) is 14.9 Å². The number of aliphatic imine (C=N–C) groups is 1.